The summed E-state index contributed by atoms with van der Waals surface area (Å²) >= 11 is 0. The van der Waals surface area contributed by atoms with Crippen LogP contribution in [0.1, 0.15) is 24.2 Å². The molecule has 0 spiro atoms. The second-order valence-electron chi connectivity index (χ2n) is 5.07. The number of benzene rings is 1. The van der Waals surface area contributed by atoms with Crippen molar-refractivity contribution >= 4 is 17.5 Å². The van der Waals surface area contributed by atoms with E-state index < -0.39 is 0 Å². The maximum atomic E-state index is 8.36. The number of nitrogens with zero attached hydrogens (tertiary/aromatic N) is 1. The van der Waals surface area contributed by atoms with Gasteiger partial charge in [-0.05, 0) is 37.5 Å². The van der Waals surface area contributed by atoms with Crippen molar-refractivity contribution in [3.8, 4) is 0 Å². The molecule has 1 aliphatic heterocycles. The largest absolute Gasteiger partial charge is 0.483 e. The van der Waals surface area contributed by atoms with Crippen LogP contribution >= 0.6 is 0 Å². The molecular formula is C15H21N3O3. The number of fused-ring (bicyclic) bond motifs is 1. The van der Waals surface area contributed by atoms with Gasteiger partial charge in [-0.3, -0.25) is 4.79 Å². The summed E-state index contributed by atoms with van der Waals surface area (Å²) in [6.45, 7) is 4.38. The lowest BCUT2D eigenvalue weighted by Crippen LogP contribution is -2.36. The number of hydrogen-bond acceptors (Lipinski definition) is 4. The molecule has 0 aliphatic carbocycles. The van der Waals surface area contributed by atoms with E-state index in [0.717, 1.165) is 43.0 Å². The molecule has 0 amide bonds. The van der Waals surface area contributed by atoms with Crippen molar-refractivity contribution in [2.24, 2.45) is 0 Å². The molecule has 0 bridgehead atoms. The van der Waals surface area contributed by atoms with Gasteiger partial charge in [-0.15, -0.1) is 0 Å². The monoisotopic (exact) mass is 291 g/mol. The molecule has 3 rings (SSSR count). The number of H-pyrrole nitrogens is 1. The minimum atomic E-state index is -0.250. The van der Waals surface area contributed by atoms with Crippen LogP contribution in [0.15, 0.2) is 18.2 Å². The molecule has 1 aromatic carbocycles. The van der Waals surface area contributed by atoms with Crippen LogP contribution in [0.25, 0.3) is 11.0 Å². The van der Waals surface area contributed by atoms with Gasteiger partial charge < -0.3 is 20.1 Å². The second-order valence-corrected chi connectivity index (χ2v) is 5.07. The predicted molar refractivity (Wildman–Crippen MR) is 80.2 cm³/mol. The van der Waals surface area contributed by atoms with Crippen molar-refractivity contribution in [2.45, 2.75) is 32.4 Å². The van der Waals surface area contributed by atoms with Gasteiger partial charge in [0.1, 0.15) is 5.82 Å². The van der Waals surface area contributed by atoms with Gasteiger partial charge in [0.15, 0.2) is 0 Å². The zero-order valence-corrected chi connectivity index (χ0v) is 12.1. The molecule has 114 valence electrons. The van der Waals surface area contributed by atoms with E-state index in [1.807, 2.05) is 6.92 Å². The first-order valence-electron chi connectivity index (χ1n) is 7.07. The minimum absolute atomic E-state index is 0.250. The van der Waals surface area contributed by atoms with Crippen molar-refractivity contribution in [1.29, 1.82) is 0 Å². The lowest BCUT2D eigenvalue weighted by atomic mass is 10.1. The van der Waals surface area contributed by atoms with Crippen LogP contribution in [0.4, 0.5) is 0 Å². The highest BCUT2D eigenvalue weighted by Crippen LogP contribution is 2.14. The third-order valence-corrected chi connectivity index (χ3v) is 3.42. The summed E-state index contributed by atoms with van der Waals surface area (Å²) in [7, 11) is 0. The van der Waals surface area contributed by atoms with E-state index in [-0.39, 0.29) is 6.47 Å². The van der Waals surface area contributed by atoms with E-state index in [1.54, 1.807) is 0 Å². The van der Waals surface area contributed by atoms with Crippen molar-refractivity contribution in [3.63, 3.8) is 0 Å². The Hall–Kier alpha value is -1.92. The van der Waals surface area contributed by atoms with Gasteiger partial charge >= 0.3 is 0 Å². The van der Waals surface area contributed by atoms with Crippen molar-refractivity contribution in [1.82, 2.24) is 15.3 Å². The number of carbonyl (C=O) groups is 1. The van der Waals surface area contributed by atoms with E-state index in [9.17, 15) is 0 Å². The Morgan fingerprint density at radius 1 is 1.57 bits per heavy atom. The van der Waals surface area contributed by atoms with E-state index in [1.165, 1.54) is 12.0 Å². The van der Waals surface area contributed by atoms with Gasteiger partial charge in [0.2, 0.25) is 0 Å². The molecule has 1 aromatic heterocycles. The first kappa shape index (κ1) is 15.5. The molecule has 21 heavy (non-hydrogen) atoms. The van der Waals surface area contributed by atoms with Gasteiger partial charge in [0, 0.05) is 19.2 Å². The standard InChI is InChI=1S/C14H19N3O.CH2O2/c1-10-16-13-5-4-11(7-14(13)17-10)8-15-12-3-2-6-18-9-12;2-1-3/h4-5,7,12,15H,2-3,6,8-9H2,1H3,(H,16,17);1H,(H,2,3). The molecule has 2 heterocycles. The van der Waals surface area contributed by atoms with Crippen molar-refractivity contribution in [2.75, 3.05) is 13.2 Å². The highest BCUT2D eigenvalue weighted by atomic mass is 16.5. The van der Waals surface area contributed by atoms with Gasteiger partial charge in [-0.2, -0.15) is 0 Å². The maximum absolute atomic E-state index is 8.36. The van der Waals surface area contributed by atoms with E-state index in [0.29, 0.717) is 6.04 Å². The molecule has 1 aliphatic rings. The topological polar surface area (TPSA) is 87.2 Å². The summed E-state index contributed by atoms with van der Waals surface area (Å²) in [5.41, 5.74) is 3.45. The van der Waals surface area contributed by atoms with Crippen LogP contribution < -0.4 is 5.32 Å². The highest BCUT2D eigenvalue weighted by Gasteiger charge is 2.12. The zero-order chi connectivity index (χ0) is 15.1. The number of ether oxygens (including phenoxy) is 1. The molecule has 6 nitrogen and oxygen atoms in total. The Bertz CT molecular complexity index is 577. The fraction of sp³-hybridized carbons (Fsp3) is 0.467. The number of aryl methyl sites for hydroxylation is 1. The third kappa shape index (κ3) is 4.54. The molecule has 1 fully saturated rings. The number of carboxylic acid groups (broad SMARTS) is 1. The van der Waals surface area contributed by atoms with E-state index >= 15 is 0 Å². The summed E-state index contributed by atoms with van der Waals surface area (Å²) in [5, 5.41) is 10.4. The predicted octanol–water partition coefficient (Wildman–Crippen LogP) is 1.84. The average molecular weight is 291 g/mol. The molecule has 1 atom stereocenters. The minimum Gasteiger partial charge on any atom is -0.483 e. The molecule has 3 N–H and O–H groups in total. The smallest absolute Gasteiger partial charge is 0.290 e. The quantitative estimate of drug-likeness (QED) is 0.751. The van der Waals surface area contributed by atoms with Crippen molar-refractivity contribution < 1.29 is 14.6 Å². The Labute approximate surface area is 123 Å². The molecule has 6 heteroatoms. The van der Waals surface area contributed by atoms with Gasteiger partial charge in [-0.1, -0.05) is 6.07 Å². The molecular weight excluding hydrogens is 270 g/mol. The lowest BCUT2D eigenvalue weighted by Gasteiger charge is -2.23. The molecule has 1 saturated heterocycles. The number of hydrogen-bond donors (Lipinski definition) is 3. The van der Waals surface area contributed by atoms with Crippen LogP contribution in [-0.4, -0.2) is 40.8 Å². The molecule has 2 aromatic rings. The number of imidazole rings is 1. The number of aromatic nitrogens is 2. The molecule has 1 unspecified atom stereocenters. The first-order chi connectivity index (χ1) is 10.2. The van der Waals surface area contributed by atoms with Crippen LogP contribution in [0, 0.1) is 6.92 Å². The maximum Gasteiger partial charge on any atom is 0.290 e. The number of aromatic amines is 1. The Morgan fingerprint density at radius 3 is 3.10 bits per heavy atom. The normalized spacial score (nSPS) is 18.0. The highest BCUT2D eigenvalue weighted by molar-refractivity contribution is 5.75. The zero-order valence-electron chi connectivity index (χ0n) is 12.1. The number of nitrogens with one attached hydrogen (secondary N) is 2. The summed E-state index contributed by atoms with van der Waals surface area (Å²) < 4.78 is 5.47. The van der Waals surface area contributed by atoms with E-state index in [2.05, 4.69) is 33.5 Å². The summed E-state index contributed by atoms with van der Waals surface area (Å²) in [5.74, 6) is 0.968. The average Bonchev–Trinajstić information content (AvgIpc) is 2.86. The SMILES string of the molecule is Cc1nc2ccc(CNC3CCCOC3)cc2[nH]1.O=CO. The van der Waals surface area contributed by atoms with Crippen LogP contribution in [0.2, 0.25) is 0 Å². The summed E-state index contributed by atoms with van der Waals surface area (Å²) in [6.07, 6.45) is 2.38. The van der Waals surface area contributed by atoms with Gasteiger partial charge in [-0.25, -0.2) is 4.98 Å². The van der Waals surface area contributed by atoms with Crippen LogP contribution in [0.3, 0.4) is 0 Å². The van der Waals surface area contributed by atoms with Crippen molar-refractivity contribution in [3.05, 3.63) is 29.6 Å². The third-order valence-electron chi connectivity index (χ3n) is 3.42. The first-order valence-corrected chi connectivity index (χ1v) is 7.07. The van der Waals surface area contributed by atoms with Gasteiger partial charge in [0.25, 0.3) is 6.47 Å². The van der Waals surface area contributed by atoms with E-state index in [4.69, 9.17) is 14.6 Å². The second kappa shape index (κ2) is 7.75. The van der Waals surface area contributed by atoms with Gasteiger partial charge in [0.05, 0.1) is 17.6 Å². The summed E-state index contributed by atoms with van der Waals surface area (Å²) in [6, 6.07) is 6.89. The Morgan fingerprint density at radius 2 is 2.38 bits per heavy atom. The fourth-order valence-electron chi connectivity index (χ4n) is 2.46. The number of rotatable bonds is 3. The molecule has 0 saturated carbocycles. The lowest BCUT2D eigenvalue weighted by molar-refractivity contribution is -0.122. The van der Waals surface area contributed by atoms with Crippen LogP contribution in [-0.2, 0) is 16.1 Å². The fourth-order valence-corrected chi connectivity index (χ4v) is 2.46. The van der Waals surface area contributed by atoms with Crippen LogP contribution in [0.5, 0.6) is 0 Å². The molecule has 0 radical (unpaired) electrons. The summed E-state index contributed by atoms with van der Waals surface area (Å²) in [4.78, 5) is 16.0. The Balaban J connectivity index is 0.000000497. The Kier molecular flexibility index (Phi) is 5.71.